The van der Waals surface area contributed by atoms with Gasteiger partial charge in [0, 0.05) is 13.1 Å². The fraction of sp³-hybridized carbons (Fsp3) is 0.714. The van der Waals surface area contributed by atoms with Gasteiger partial charge in [-0.25, -0.2) is 0 Å². The van der Waals surface area contributed by atoms with Crippen molar-refractivity contribution < 1.29 is 28.7 Å². The zero-order valence-electron chi connectivity index (χ0n) is 8.56. The van der Waals surface area contributed by atoms with Gasteiger partial charge in [-0.3, -0.25) is 14.0 Å². The topological polar surface area (TPSA) is 118 Å². The van der Waals surface area contributed by atoms with Gasteiger partial charge >= 0.3 is 15.2 Å². The highest BCUT2D eigenvalue weighted by Gasteiger charge is 2.47. The summed E-state index contributed by atoms with van der Waals surface area (Å²) in [5.41, 5.74) is -1.10. The first-order valence-electron chi connectivity index (χ1n) is 4.63. The Hall–Kier alpha value is -0.0000000000000000416. The van der Waals surface area contributed by atoms with E-state index in [1.165, 1.54) is 0 Å². The lowest BCUT2D eigenvalue weighted by Gasteiger charge is -2.35. The molecule has 0 unspecified atom stereocenters. The van der Waals surface area contributed by atoms with E-state index in [0.717, 1.165) is 10.5 Å². The second kappa shape index (κ2) is 4.70. The van der Waals surface area contributed by atoms with Crippen LogP contribution in [-0.2, 0) is 9.13 Å². The smallest absolute Gasteiger partial charge is 0.323 e. The fourth-order valence-electron chi connectivity index (χ4n) is 1.69. The molecule has 1 aliphatic rings. The average molecular weight is 271 g/mol. The summed E-state index contributed by atoms with van der Waals surface area (Å²) in [6.45, 7) is 4.13. The SMILES string of the molecule is C=C1CCN(C(P(=O)(O)O)P(=O)(O)O)CC1. The summed E-state index contributed by atoms with van der Waals surface area (Å²) in [7, 11) is -9.70. The van der Waals surface area contributed by atoms with Gasteiger partial charge in [0.1, 0.15) is 0 Å². The quantitative estimate of drug-likeness (QED) is 0.430. The van der Waals surface area contributed by atoms with Crippen molar-refractivity contribution in [3.63, 3.8) is 0 Å². The molecule has 0 spiro atoms. The van der Waals surface area contributed by atoms with Crippen molar-refractivity contribution in [1.29, 1.82) is 0 Å². The standard InChI is InChI=1S/C7H15NO6P2/c1-6-2-4-8(5-3-6)7(15(9,10)11)16(12,13)14/h7H,1-5H2,(H2,9,10,11)(H2,12,13,14). The molecule has 0 aromatic carbocycles. The van der Waals surface area contributed by atoms with Crippen molar-refractivity contribution in [2.45, 2.75) is 18.4 Å². The summed E-state index contributed by atoms with van der Waals surface area (Å²) >= 11 is 0. The van der Waals surface area contributed by atoms with Crippen LogP contribution in [0.4, 0.5) is 0 Å². The first kappa shape index (κ1) is 14.1. The minimum atomic E-state index is -4.85. The molecule has 0 aliphatic carbocycles. The predicted molar refractivity (Wildman–Crippen MR) is 57.8 cm³/mol. The predicted octanol–water partition coefficient (Wildman–Crippen LogP) is 0.277. The van der Waals surface area contributed by atoms with Crippen LogP contribution in [0.1, 0.15) is 12.8 Å². The first-order valence-corrected chi connectivity index (χ1v) is 8.00. The molecule has 0 aromatic heterocycles. The number of hydrogen-bond donors (Lipinski definition) is 4. The monoisotopic (exact) mass is 271 g/mol. The van der Waals surface area contributed by atoms with Gasteiger partial charge in [-0.15, -0.1) is 0 Å². The summed E-state index contributed by atoms with van der Waals surface area (Å²) in [6, 6.07) is 0. The number of rotatable bonds is 3. The molecule has 1 aliphatic heterocycles. The summed E-state index contributed by atoms with van der Waals surface area (Å²) < 4.78 is 22.2. The van der Waals surface area contributed by atoms with Crippen molar-refractivity contribution in [1.82, 2.24) is 4.90 Å². The fourth-order valence-corrected chi connectivity index (χ4v) is 4.57. The second-order valence-corrected chi connectivity index (χ2v) is 7.55. The van der Waals surface area contributed by atoms with E-state index in [1.54, 1.807) is 0 Å². The Balaban J connectivity index is 2.91. The van der Waals surface area contributed by atoms with E-state index in [0.29, 0.717) is 12.8 Å². The lowest BCUT2D eigenvalue weighted by Crippen LogP contribution is -2.39. The molecular weight excluding hydrogens is 256 g/mol. The Kier molecular flexibility index (Phi) is 4.13. The van der Waals surface area contributed by atoms with Gasteiger partial charge < -0.3 is 19.6 Å². The molecule has 0 amide bonds. The van der Waals surface area contributed by atoms with Crippen LogP contribution in [0.15, 0.2) is 12.2 Å². The van der Waals surface area contributed by atoms with Crippen molar-refractivity contribution in [2.75, 3.05) is 13.1 Å². The van der Waals surface area contributed by atoms with Gasteiger partial charge in [0.2, 0.25) is 5.52 Å². The van der Waals surface area contributed by atoms with Gasteiger partial charge in [-0.05, 0) is 12.8 Å². The van der Waals surface area contributed by atoms with E-state index >= 15 is 0 Å². The molecule has 0 aromatic rings. The summed E-state index contributed by atoms with van der Waals surface area (Å²) in [5, 5.41) is 0. The molecule has 1 saturated heterocycles. The van der Waals surface area contributed by atoms with E-state index in [2.05, 4.69) is 6.58 Å². The van der Waals surface area contributed by atoms with Crippen LogP contribution in [0.3, 0.4) is 0 Å². The number of hydrogen-bond acceptors (Lipinski definition) is 3. The zero-order chi connectivity index (χ0) is 12.6. The lowest BCUT2D eigenvalue weighted by atomic mass is 10.1. The summed E-state index contributed by atoms with van der Waals surface area (Å²) in [6.07, 6.45) is 0.993. The van der Waals surface area contributed by atoms with Gasteiger partial charge in [0.15, 0.2) is 0 Å². The van der Waals surface area contributed by atoms with Crippen LogP contribution in [0.25, 0.3) is 0 Å². The van der Waals surface area contributed by atoms with Crippen LogP contribution < -0.4 is 0 Å². The van der Waals surface area contributed by atoms with Crippen LogP contribution in [0.2, 0.25) is 0 Å². The van der Waals surface area contributed by atoms with Gasteiger partial charge in [0.25, 0.3) is 0 Å². The Bertz CT molecular complexity index is 339. The maximum atomic E-state index is 11.1. The second-order valence-electron chi connectivity index (χ2n) is 3.81. The molecule has 9 heteroatoms. The molecule has 0 saturated carbocycles. The average Bonchev–Trinajstić information content (AvgIpc) is 2.03. The van der Waals surface area contributed by atoms with E-state index in [9.17, 15) is 9.13 Å². The van der Waals surface area contributed by atoms with Crippen LogP contribution >= 0.6 is 15.2 Å². The highest BCUT2D eigenvalue weighted by atomic mass is 31.2. The Labute approximate surface area is 93.1 Å². The number of likely N-dealkylation sites (tertiary alicyclic amines) is 1. The maximum absolute atomic E-state index is 11.1. The molecule has 0 atom stereocenters. The van der Waals surface area contributed by atoms with Crippen LogP contribution in [-0.4, -0.2) is 43.1 Å². The van der Waals surface area contributed by atoms with E-state index in [-0.39, 0.29) is 13.1 Å². The molecule has 16 heavy (non-hydrogen) atoms. The molecule has 94 valence electrons. The zero-order valence-corrected chi connectivity index (χ0v) is 10.3. The third-order valence-electron chi connectivity index (χ3n) is 2.43. The van der Waals surface area contributed by atoms with Gasteiger partial charge in [-0.2, -0.15) is 0 Å². The molecule has 1 fully saturated rings. The van der Waals surface area contributed by atoms with E-state index in [1.807, 2.05) is 0 Å². The first-order chi connectivity index (χ1) is 7.12. The molecule has 4 N–H and O–H groups in total. The molecule has 0 radical (unpaired) electrons. The van der Waals surface area contributed by atoms with Crippen LogP contribution in [0.5, 0.6) is 0 Å². The molecule has 0 bridgehead atoms. The number of piperidine rings is 1. The highest BCUT2D eigenvalue weighted by Crippen LogP contribution is 2.61. The Morgan fingerprint density at radius 1 is 1.06 bits per heavy atom. The van der Waals surface area contributed by atoms with E-state index < -0.39 is 20.7 Å². The summed E-state index contributed by atoms with van der Waals surface area (Å²) in [5.74, 6) is 0. The minimum Gasteiger partial charge on any atom is -0.323 e. The lowest BCUT2D eigenvalue weighted by molar-refractivity contribution is 0.214. The minimum absolute atomic E-state index is 0.208. The van der Waals surface area contributed by atoms with Crippen molar-refractivity contribution >= 4 is 15.2 Å². The largest absolute Gasteiger partial charge is 0.354 e. The molecular formula is C7H15NO6P2. The van der Waals surface area contributed by atoms with Crippen molar-refractivity contribution in [2.24, 2.45) is 0 Å². The van der Waals surface area contributed by atoms with E-state index in [4.69, 9.17) is 19.6 Å². The maximum Gasteiger partial charge on any atom is 0.354 e. The van der Waals surface area contributed by atoms with Crippen LogP contribution in [0, 0.1) is 0 Å². The third kappa shape index (κ3) is 3.50. The molecule has 7 nitrogen and oxygen atoms in total. The number of nitrogens with zero attached hydrogens (tertiary/aromatic N) is 1. The Morgan fingerprint density at radius 3 is 1.75 bits per heavy atom. The van der Waals surface area contributed by atoms with Crippen molar-refractivity contribution in [3.8, 4) is 0 Å². The van der Waals surface area contributed by atoms with Gasteiger partial charge in [0.05, 0.1) is 0 Å². The molecule has 1 rings (SSSR count). The van der Waals surface area contributed by atoms with Gasteiger partial charge in [-0.1, -0.05) is 12.2 Å². The summed E-state index contributed by atoms with van der Waals surface area (Å²) in [4.78, 5) is 37.1. The van der Waals surface area contributed by atoms with Crippen molar-refractivity contribution in [3.05, 3.63) is 12.2 Å². The normalized spacial score (nSPS) is 20.4. The molecule has 1 heterocycles. The highest BCUT2D eigenvalue weighted by molar-refractivity contribution is 7.70. The Morgan fingerprint density at radius 2 is 1.44 bits per heavy atom. The third-order valence-corrected chi connectivity index (χ3v) is 6.10.